The van der Waals surface area contributed by atoms with Gasteiger partial charge in [-0.3, -0.25) is 4.90 Å². The lowest BCUT2D eigenvalue weighted by molar-refractivity contribution is 0.0460. The second-order valence-corrected chi connectivity index (χ2v) is 2.66. The highest BCUT2D eigenvalue weighted by molar-refractivity contribution is 4.91. The first-order chi connectivity index (χ1) is 4.18. The van der Waals surface area contributed by atoms with Crippen molar-refractivity contribution in [2.24, 2.45) is 0 Å². The van der Waals surface area contributed by atoms with Gasteiger partial charge in [0.05, 0.1) is 6.54 Å². The topological polar surface area (TPSA) is 12.5 Å². The van der Waals surface area contributed by atoms with Gasteiger partial charge in [-0.05, 0) is 14.0 Å². The van der Waals surface area contributed by atoms with E-state index in [0.29, 0.717) is 6.10 Å². The molecule has 1 fully saturated rings. The molecule has 2 heteroatoms. The molecule has 0 N–H and O–H groups in total. The zero-order chi connectivity index (χ0) is 6.85. The van der Waals surface area contributed by atoms with Crippen LogP contribution >= 0.6 is 0 Å². The Kier molecular flexibility index (Phi) is 1.76. The SMILES string of the molecule is C=C1CN(C)C[C@@H](C)O1. The molecule has 0 aromatic carbocycles. The second kappa shape index (κ2) is 2.40. The maximum atomic E-state index is 5.32. The van der Waals surface area contributed by atoms with Gasteiger partial charge in [0, 0.05) is 6.54 Å². The van der Waals surface area contributed by atoms with Gasteiger partial charge in [0.15, 0.2) is 0 Å². The highest BCUT2D eigenvalue weighted by Gasteiger charge is 2.15. The van der Waals surface area contributed by atoms with E-state index in [1.165, 1.54) is 0 Å². The Morgan fingerprint density at radius 1 is 1.78 bits per heavy atom. The molecule has 0 aromatic heterocycles. The Hall–Kier alpha value is -0.500. The van der Waals surface area contributed by atoms with Gasteiger partial charge in [-0.25, -0.2) is 0 Å². The Bertz CT molecular complexity index is 110. The Balaban J connectivity index is 2.43. The lowest BCUT2D eigenvalue weighted by atomic mass is 10.3. The molecule has 1 rings (SSSR count). The normalized spacial score (nSPS) is 30.0. The molecule has 0 amide bonds. The number of likely N-dealkylation sites (N-methyl/N-ethyl adjacent to an activating group) is 1. The van der Waals surface area contributed by atoms with E-state index in [9.17, 15) is 0 Å². The summed E-state index contributed by atoms with van der Waals surface area (Å²) in [6, 6.07) is 0. The molecule has 0 unspecified atom stereocenters. The average Bonchev–Trinajstić information content (AvgIpc) is 1.59. The lowest BCUT2D eigenvalue weighted by Crippen LogP contribution is -2.36. The van der Waals surface area contributed by atoms with Gasteiger partial charge < -0.3 is 4.74 Å². The first-order valence-corrected chi connectivity index (χ1v) is 3.21. The fourth-order valence-corrected chi connectivity index (χ4v) is 1.16. The van der Waals surface area contributed by atoms with Gasteiger partial charge in [-0.2, -0.15) is 0 Å². The van der Waals surface area contributed by atoms with Crippen molar-refractivity contribution in [1.82, 2.24) is 4.90 Å². The van der Waals surface area contributed by atoms with E-state index in [1.807, 2.05) is 0 Å². The number of hydrogen-bond acceptors (Lipinski definition) is 2. The van der Waals surface area contributed by atoms with Crippen LogP contribution in [0, 0.1) is 0 Å². The van der Waals surface area contributed by atoms with E-state index in [0.717, 1.165) is 18.8 Å². The van der Waals surface area contributed by atoms with E-state index in [1.54, 1.807) is 0 Å². The monoisotopic (exact) mass is 127 g/mol. The van der Waals surface area contributed by atoms with Crippen molar-refractivity contribution >= 4 is 0 Å². The summed E-state index contributed by atoms with van der Waals surface area (Å²) in [6.45, 7) is 7.70. The molecule has 0 bridgehead atoms. The van der Waals surface area contributed by atoms with Gasteiger partial charge in [0.25, 0.3) is 0 Å². The zero-order valence-electron chi connectivity index (χ0n) is 6.05. The van der Waals surface area contributed by atoms with Crippen molar-refractivity contribution in [2.45, 2.75) is 13.0 Å². The number of hydrogen-bond donors (Lipinski definition) is 0. The number of ether oxygens (including phenoxy) is 1. The second-order valence-electron chi connectivity index (χ2n) is 2.66. The molecule has 0 aromatic rings. The van der Waals surface area contributed by atoms with Crippen molar-refractivity contribution in [2.75, 3.05) is 20.1 Å². The molecule has 1 aliphatic heterocycles. The average molecular weight is 127 g/mol. The van der Waals surface area contributed by atoms with Crippen LogP contribution in [0.2, 0.25) is 0 Å². The standard InChI is InChI=1S/C7H13NO/c1-6-4-8(3)5-7(2)9-6/h7H,1,4-5H2,2-3H3/t7-/m1/s1. The molecule has 1 atom stereocenters. The molecule has 0 saturated carbocycles. The minimum absolute atomic E-state index is 0.316. The van der Waals surface area contributed by atoms with Crippen molar-refractivity contribution < 1.29 is 4.74 Å². The number of nitrogens with zero attached hydrogens (tertiary/aromatic N) is 1. The third-order valence-electron chi connectivity index (χ3n) is 1.38. The summed E-state index contributed by atoms with van der Waals surface area (Å²) in [6.07, 6.45) is 0.316. The van der Waals surface area contributed by atoms with Gasteiger partial charge in [0.2, 0.25) is 0 Å². The van der Waals surface area contributed by atoms with Crippen LogP contribution in [0.1, 0.15) is 6.92 Å². The number of rotatable bonds is 0. The summed E-state index contributed by atoms with van der Waals surface area (Å²) < 4.78 is 5.32. The molecule has 52 valence electrons. The van der Waals surface area contributed by atoms with Crippen LogP contribution in [-0.2, 0) is 4.74 Å². The quantitative estimate of drug-likeness (QED) is 0.478. The number of morpholine rings is 1. The van der Waals surface area contributed by atoms with Gasteiger partial charge in [-0.15, -0.1) is 0 Å². The van der Waals surface area contributed by atoms with E-state index < -0.39 is 0 Å². The Morgan fingerprint density at radius 3 is 2.89 bits per heavy atom. The maximum absolute atomic E-state index is 5.32. The molecule has 0 aliphatic carbocycles. The summed E-state index contributed by atoms with van der Waals surface area (Å²) in [5.74, 6) is 0.885. The van der Waals surface area contributed by atoms with Crippen molar-refractivity contribution in [3.63, 3.8) is 0 Å². The van der Waals surface area contributed by atoms with Crippen LogP contribution in [0.4, 0.5) is 0 Å². The lowest BCUT2D eigenvalue weighted by Gasteiger charge is -2.29. The van der Waals surface area contributed by atoms with Crippen LogP contribution in [0.15, 0.2) is 12.3 Å². The Morgan fingerprint density at radius 2 is 2.44 bits per heavy atom. The maximum Gasteiger partial charge on any atom is 0.108 e. The highest BCUT2D eigenvalue weighted by atomic mass is 16.5. The molecule has 9 heavy (non-hydrogen) atoms. The van der Waals surface area contributed by atoms with Crippen molar-refractivity contribution in [1.29, 1.82) is 0 Å². The highest BCUT2D eigenvalue weighted by Crippen LogP contribution is 2.09. The molecule has 2 nitrogen and oxygen atoms in total. The summed E-state index contributed by atoms with van der Waals surface area (Å²) >= 11 is 0. The van der Waals surface area contributed by atoms with E-state index >= 15 is 0 Å². The van der Waals surface area contributed by atoms with Crippen LogP contribution < -0.4 is 0 Å². The third-order valence-corrected chi connectivity index (χ3v) is 1.38. The van der Waals surface area contributed by atoms with E-state index in [-0.39, 0.29) is 0 Å². The molecular weight excluding hydrogens is 114 g/mol. The smallest absolute Gasteiger partial charge is 0.108 e. The minimum atomic E-state index is 0.316. The molecule has 1 aliphatic rings. The summed E-state index contributed by atoms with van der Waals surface area (Å²) in [5, 5.41) is 0. The van der Waals surface area contributed by atoms with Gasteiger partial charge in [0.1, 0.15) is 11.9 Å². The molecular formula is C7H13NO. The largest absolute Gasteiger partial charge is 0.493 e. The minimum Gasteiger partial charge on any atom is -0.493 e. The molecule has 1 saturated heterocycles. The first kappa shape index (κ1) is 6.62. The fraction of sp³-hybridized carbons (Fsp3) is 0.714. The molecule has 0 radical (unpaired) electrons. The summed E-state index contributed by atoms with van der Waals surface area (Å²) in [4.78, 5) is 2.20. The molecule has 0 spiro atoms. The first-order valence-electron chi connectivity index (χ1n) is 3.21. The van der Waals surface area contributed by atoms with E-state index in [2.05, 4.69) is 25.5 Å². The summed E-state index contributed by atoms with van der Waals surface area (Å²) in [5.41, 5.74) is 0. The summed E-state index contributed by atoms with van der Waals surface area (Å²) in [7, 11) is 2.07. The van der Waals surface area contributed by atoms with Crippen LogP contribution in [0.5, 0.6) is 0 Å². The fourth-order valence-electron chi connectivity index (χ4n) is 1.16. The van der Waals surface area contributed by atoms with E-state index in [4.69, 9.17) is 4.74 Å². The van der Waals surface area contributed by atoms with Gasteiger partial charge in [-0.1, -0.05) is 6.58 Å². The molecule has 1 heterocycles. The predicted octanol–water partition coefficient (Wildman–Crippen LogP) is 0.851. The van der Waals surface area contributed by atoms with Crippen LogP contribution in [0.3, 0.4) is 0 Å². The Labute approximate surface area is 56.1 Å². The van der Waals surface area contributed by atoms with Crippen LogP contribution in [0.25, 0.3) is 0 Å². The van der Waals surface area contributed by atoms with Crippen molar-refractivity contribution in [3.05, 3.63) is 12.3 Å². The zero-order valence-corrected chi connectivity index (χ0v) is 6.05. The van der Waals surface area contributed by atoms with Crippen molar-refractivity contribution in [3.8, 4) is 0 Å². The van der Waals surface area contributed by atoms with Gasteiger partial charge >= 0.3 is 0 Å². The predicted molar refractivity (Wildman–Crippen MR) is 37.2 cm³/mol. The third kappa shape index (κ3) is 1.72. The van der Waals surface area contributed by atoms with Crippen LogP contribution in [-0.4, -0.2) is 31.1 Å².